The van der Waals surface area contributed by atoms with E-state index >= 15 is 0 Å². The number of fused-ring (bicyclic) bond motifs is 1. The van der Waals surface area contributed by atoms with Gasteiger partial charge in [-0.3, -0.25) is 19.5 Å². The molecule has 7 nitrogen and oxygen atoms in total. The lowest BCUT2D eigenvalue weighted by Gasteiger charge is -2.25. The Morgan fingerprint density at radius 3 is 2.75 bits per heavy atom. The maximum atomic E-state index is 11.9. The highest BCUT2D eigenvalue weighted by molar-refractivity contribution is 5.97. The van der Waals surface area contributed by atoms with Gasteiger partial charge in [-0.25, -0.2) is 0 Å². The molecule has 1 aliphatic heterocycles. The number of guanidine groups is 1. The molecular formula is C21H29N5O2. The quantitative estimate of drug-likeness (QED) is 0.388. The first-order valence-corrected chi connectivity index (χ1v) is 10.0. The second kappa shape index (κ2) is 9.39. The van der Waals surface area contributed by atoms with Crippen LogP contribution in [0.1, 0.15) is 37.3 Å². The zero-order valence-electron chi connectivity index (χ0n) is 16.7. The Bertz CT molecular complexity index is 855. The molecule has 0 atom stereocenters. The molecule has 1 saturated heterocycles. The van der Waals surface area contributed by atoms with Crippen molar-refractivity contribution in [2.75, 3.05) is 26.2 Å². The van der Waals surface area contributed by atoms with Gasteiger partial charge in [0.2, 0.25) is 11.8 Å². The highest BCUT2D eigenvalue weighted by Gasteiger charge is 2.25. The fourth-order valence-corrected chi connectivity index (χ4v) is 3.47. The Morgan fingerprint density at radius 2 is 2.00 bits per heavy atom. The van der Waals surface area contributed by atoms with Crippen LogP contribution in [-0.4, -0.2) is 53.8 Å². The second-order valence-electron chi connectivity index (χ2n) is 7.09. The van der Waals surface area contributed by atoms with Gasteiger partial charge in [0.15, 0.2) is 5.96 Å². The van der Waals surface area contributed by atoms with Gasteiger partial charge < -0.3 is 15.6 Å². The smallest absolute Gasteiger partial charge is 0.229 e. The van der Waals surface area contributed by atoms with E-state index in [4.69, 9.17) is 0 Å². The molecule has 2 heterocycles. The molecule has 2 amide bonds. The van der Waals surface area contributed by atoms with Crippen molar-refractivity contribution in [3.63, 3.8) is 0 Å². The van der Waals surface area contributed by atoms with E-state index in [0.717, 1.165) is 18.5 Å². The van der Waals surface area contributed by atoms with Crippen LogP contribution in [0.2, 0.25) is 0 Å². The predicted molar refractivity (Wildman–Crippen MR) is 111 cm³/mol. The molecule has 28 heavy (non-hydrogen) atoms. The monoisotopic (exact) mass is 383 g/mol. The molecule has 3 N–H and O–H groups in total. The minimum Gasteiger partial charge on any atom is -0.361 e. The molecule has 0 bridgehead atoms. The summed E-state index contributed by atoms with van der Waals surface area (Å²) < 4.78 is 0. The van der Waals surface area contributed by atoms with Gasteiger partial charge in [-0.1, -0.05) is 12.1 Å². The summed E-state index contributed by atoms with van der Waals surface area (Å²) in [5, 5.41) is 7.67. The molecule has 0 radical (unpaired) electrons. The Balaban J connectivity index is 1.53. The third kappa shape index (κ3) is 4.91. The molecule has 1 aromatic carbocycles. The van der Waals surface area contributed by atoms with Crippen molar-refractivity contribution in [3.8, 4) is 0 Å². The zero-order valence-corrected chi connectivity index (χ0v) is 16.7. The summed E-state index contributed by atoms with van der Waals surface area (Å²) >= 11 is 0. The third-order valence-electron chi connectivity index (χ3n) is 4.93. The van der Waals surface area contributed by atoms with E-state index in [1.165, 1.54) is 21.4 Å². The van der Waals surface area contributed by atoms with Crippen LogP contribution in [0.5, 0.6) is 0 Å². The van der Waals surface area contributed by atoms with Gasteiger partial charge in [-0.15, -0.1) is 0 Å². The minimum atomic E-state index is -0.0745. The highest BCUT2D eigenvalue weighted by Crippen LogP contribution is 2.19. The lowest BCUT2D eigenvalue weighted by Crippen LogP contribution is -2.46. The number of carbonyl (C=O) groups is 2. The number of nitrogens with one attached hydrogen (secondary N) is 3. The molecule has 2 aromatic rings. The van der Waals surface area contributed by atoms with Crippen molar-refractivity contribution in [2.24, 2.45) is 4.99 Å². The molecule has 1 aromatic heterocycles. The van der Waals surface area contributed by atoms with Crippen molar-refractivity contribution in [1.29, 1.82) is 0 Å². The van der Waals surface area contributed by atoms with Crippen LogP contribution >= 0.6 is 0 Å². The fraction of sp³-hybridized carbons (Fsp3) is 0.476. The lowest BCUT2D eigenvalue weighted by molar-refractivity contribution is -0.147. The number of aryl methyl sites for hydroxylation is 1. The summed E-state index contributed by atoms with van der Waals surface area (Å²) in [6.45, 7) is 6.37. The first-order valence-electron chi connectivity index (χ1n) is 10.0. The number of carbonyl (C=O) groups excluding carboxylic acids is 2. The van der Waals surface area contributed by atoms with Gasteiger partial charge in [0.25, 0.3) is 0 Å². The van der Waals surface area contributed by atoms with E-state index in [1.807, 2.05) is 13.1 Å². The molecule has 0 unspecified atom stereocenters. The third-order valence-corrected chi connectivity index (χ3v) is 4.93. The molecule has 0 saturated carbocycles. The van der Waals surface area contributed by atoms with Gasteiger partial charge in [-0.05, 0) is 43.9 Å². The summed E-state index contributed by atoms with van der Waals surface area (Å²) in [6, 6.07) is 6.42. The molecule has 0 spiro atoms. The Hall–Kier alpha value is -2.83. The number of nitrogens with zero attached hydrogens (tertiary/aromatic N) is 2. The van der Waals surface area contributed by atoms with Crippen LogP contribution in [-0.2, 0) is 16.0 Å². The number of hydrogen-bond acceptors (Lipinski definition) is 3. The number of aromatic amines is 1. The Labute approximate surface area is 165 Å². The lowest BCUT2D eigenvalue weighted by atomic mass is 10.1. The number of piperidine rings is 1. The summed E-state index contributed by atoms with van der Waals surface area (Å²) in [6.07, 6.45) is 4.48. The summed E-state index contributed by atoms with van der Waals surface area (Å²) in [7, 11) is 0. The molecule has 150 valence electrons. The van der Waals surface area contributed by atoms with Crippen molar-refractivity contribution >= 4 is 28.7 Å². The Kier molecular flexibility index (Phi) is 6.68. The van der Waals surface area contributed by atoms with E-state index in [-0.39, 0.29) is 11.8 Å². The number of likely N-dealkylation sites (tertiary alicyclic amines) is 1. The minimum absolute atomic E-state index is 0.0745. The van der Waals surface area contributed by atoms with Gasteiger partial charge in [0, 0.05) is 56.1 Å². The summed E-state index contributed by atoms with van der Waals surface area (Å²) in [4.78, 5) is 33.0. The fourth-order valence-electron chi connectivity index (χ4n) is 3.47. The van der Waals surface area contributed by atoms with Crippen molar-refractivity contribution in [3.05, 3.63) is 35.5 Å². The number of aliphatic imine (C=N–C) groups is 1. The summed E-state index contributed by atoms with van der Waals surface area (Å²) in [5.41, 5.74) is 3.64. The molecule has 7 heteroatoms. The van der Waals surface area contributed by atoms with E-state index in [1.54, 1.807) is 0 Å². The average Bonchev–Trinajstić information content (AvgIpc) is 3.06. The zero-order chi connectivity index (χ0) is 19.9. The van der Waals surface area contributed by atoms with Crippen LogP contribution in [0, 0.1) is 6.92 Å². The van der Waals surface area contributed by atoms with Gasteiger partial charge in [0.1, 0.15) is 0 Å². The molecule has 1 fully saturated rings. The molecular weight excluding hydrogens is 354 g/mol. The number of hydrogen-bond donors (Lipinski definition) is 3. The van der Waals surface area contributed by atoms with E-state index < -0.39 is 0 Å². The number of H-pyrrole nitrogens is 1. The van der Waals surface area contributed by atoms with Crippen LogP contribution < -0.4 is 10.6 Å². The normalized spacial score (nSPS) is 15.4. The molecule has 1 aliphatic rings. The largest absolute Gasteiger partial charge is 0.361 e. The molecule has 3 rings (SSSR count). The topological polar surface area (TPSA) is 89.6 Å². The van der Waals surface area contributed by atoms with E-state index in [2.05, 4.69) is 45.7 Å². The number of imide groups is 1. The first kappa shape index (κ1) is 19.9. The Morgan fingerprint density at radius 1 is 1.21 bits per heavy atom. The molecule has 0 aliphatic carbocycles. The van der Waals surface area contributed by atoms with Crippen LogP contribution in [0.3, 0.4) is 0 Å². The number of amides is 2. The average molecular weight is 383 g/mol. The number of benzene rings is 1. The predicted octanol–water partition coefficient (Wildman–Crippen LogP) is 2.11. The SMILES string of the molecule is CCNC(=NCCc1c[nH]c2cc(C)ccc12)NCCN1C(=O)CCCC1=O. The van der Waals surface area contributed by atoms with Gasteiger partial charge >= 0.3 is 0 Å². The van der Waals surface area contributed by atoms with Crippen molar-refractivity contribution in [1.82, 2.24) is 20.5 Å². The maximum Gasteiger partial charge on any atom is 0.229 e. The number of rotatable bonds is 7. The van der Waals surface area contributed by atoms with E-state index in [9.17, 15) is 9.59 Å². The van der Waals surface area contributed by atoms with Gasteiger partial charge in [-0.2, -0.15) is 0 Å². The van der Waals surface area contributed by atoms with E-state index in [0.29, 0.717) is 44.9 Å². The van der Waals surface area contributed by atoms with Crippen molar-refractivity contribution < 1.29 is 9.59 Å². The maximum absolute atomic E-state index is 11.9. The standard InChI is InChI=1S/C21H29N5O2/c1-3-22-21(24-11-12-26-19(27)5-4-6-20(26)28)23-10-9-16-14-25-18-13-15(2)7-8-17(16)18/h7-8,13-14,25H,3-6,9-12H2,1-2H3,(H2,22,23,24). The van der Waals surface area contributed by atoms with Crippen LogP contribution in [0.4, 0.5) is 0 Å². The highest BCUT2D eigenvalue weighted by atomic mass is 16.2. The van der Waals surface area contributed by atoms with Crippen molar-refractivity contribution in [2.45, 2.75) is 39.5 Å². The second-order valence-corrected chi connectivity index (χ2v) is 7.09. The summed E-state index contributed by atoms with van der Waals surface area (Å²) in [5.74, 6) is 0.555. The number of aromatic nitrogens is 1. The van der Waals surface area contributed by atoms with Crippen LogP contribution in [0.15, 0.2) is 29.4 Å². The van der Waals surface area contributed by atoms with Crippen LogP contribution in [0.25, 0.3) is 10.9 Å². The van der Waals surface area contributed by atoms with Gasteiger partial charge in [0.05, 0.1) is 0 Å². The first-order chi connectivity index (χ1) is 13.6.